The number of ether oxygens (including phenoxy) is 1. The monoisotopic (exact) mass is 273 g/mol. The lowest BCUT2D eigenvalue weighted by Gasteiger charge is -2.12. The van der Waals surface area contributed by atoms with Crippen LogP contribution < -0.4 is 10.3 Å². The molecule has 0 fully saturated rings. The van der Waals surface area contributed by atoms with Crippen molar-refractivity contribution in [2.45, 2.75) is 19.8 Å². The Morgan fingerprint density at radius 1 is 1.45 bits per heavy atom. The summed E-state index contributed by atoms with van der Waals surface area (Å²) in [5.74, 6) is 0.716. The van der Waals surface area contributed by atoms with Gasteiger partial charge in [0.2, 0.25) is 0 Å². The molecule has 0 amide bonds. The van der Waals surface area contributed by atoms with Crippen LogP contribution in [0.2, 0.25) is 0 Å². The number of nitrogens with zero attached hydrogens (tertiary/aromatic N) is 1. The molecular weight excluding hydrogens is 254 g/mol. The van der Waals surface area contributed by atoms with Crippen LogP contribution in [0.15, 0.2) is 35.1 Å². The Bertz CT molecular complexity index is 729. The van der Waals surface area contributed by atoms with Gasteiger partial charge < -0.3 is 14.4 Å². The van der Waals surface area contributed by atoms with Crippen LogP contribution in [0.5, 0.6) is 11.5 Å². The van der Waals surface area contributed by atoms with Crippen LogP contribution in [0.4, 0.5) is 0 Å². The predicted octanol–water partition coefficient (Wildman–Crippen LogP) is 2.76. The first-order valence-corrected chi connectivity index (χ1v) is 6.48. The number of aromatic hydroxyl groups is 1. The maximum atomic E-state index is 12.3. The van der Waals surface area contributed by atoms with Gasteiger partial charge in [-0.1, -0.05) is 5.57 Å². The lowest BCUT2D eigenvalue weighted by molar-refractivity contribution is 0.415. The van der Waals surface area contributed by atoms with Crippen molar-refractivity contribution in [1.29, 1.82) is 0 Å². The minimum Gasteiger partial charge on any atom is -0.507 e. The van der Waals surface area contributed by atoms with Crippen LogP contribution in [0.3, 0.4) is 0 Å². The summed E-state index contributed by atoms with van der Waals surface area (Å²) in [5, 5.41) is 11.0. The molecule has 0 atom stereocenters. The third-order valence-electron chi connectivity index (χ3n) is 3.47. The van der Waals surface area contributed by atoms with E-state index in [0.717, 1.165) is 5.57 Å². The van der Waals surface area contributed by atoms with Crippen molar-refractivity contribution >= 4 is 10.9 Å². The molecule has 2 aromatic rings. The highest BCUT2D eigenvalue weighted by Crippen LogP contribution is 2.29. The largest absolute Gasteiger partial charge is 0.507 e. The fourth-order valence-corrected chi connectivity index (χ4v) is 2.26. The maximum Gasteiger partial charge on any atom is 0.257 e. The first-order valence-electron chi connectivity index (χ1n) is 6.48. The summed E-state index contributed by atoms with van der Waals surface area (Å²) in [6.07, 6.45) is 1.18. The van der Waals surface area contributed by atoms with Crippen LogP contribution in [0, 0.1) is 0 Å². The third-order valence-corrected chi connectivity index (χ3v) is 3.47. The molecule has 0 radical (unpaired) electrons. The highest BCUT2D eigenvalue weighted by molar-refractivity contribution is 5.87. The van der Waals surface area contributed by atoms with Crippen molar-refractivity contribution in [3.05, 3.63) is 46.3 Å². The van der Waals surface area contributed by atoms with Gasteiger partial charge in [0.05, 0.1) is 18.2 Å². The molecule has 0 bridgehead atoms. The molecule has 0 spiro atoms. The highest BCUT2D eigenvalue weighted by Gasteiger charge is 2.14. The van der Waals surface area contributed by atoms with Gasteiger partial charge in [0.1, 0.15) is 11.5 Å². The number of hydrogen-bond donors (Lipinski definition) is 1. The highest BCUT2D eigenvalue weighted by atomic mass is 16.5. The van der Waals surface area contributed by atoms with Crippen LogP contribution in [-0.4, -0.2) is 16.8 Å². The second-order valence-corrected chi connectivity index (χ2v) is 5.03. The van der Waals surface area contributed by atoms with Crippen LogP contribution in [-0.2, 0) is 13.5 Å². The molecule has 1 aromatic carbocycles. The van der Waals surface area contributed by atoms with Crippen LogP contribution in [0.25, 0.3) is 10.9 Å². The van der Waals surface area contributed by atoms with Gasteiger partial charge in [-0.25, -0.2) is 0 Å². The molecule has 0 saturated heterocycles. The molecule has 0 aliphatic heterocycles. The number of benzene rings is 1. The normalized spacial score (nSPS) is 10.8. The average Bonchev–Trinajstić information content (AvgIpc) is 2.44. The fraction of sp³-hybridized carbons (Fsp3) is 0.312. The summed E-state index contributed by atoms with van der Waals surface area (Å²) in [5.41, 5.74) is 1.91. The first kappa shape index (κ1) is 14.2. The Labute approximate surface area is 117 Å². The number of fused-ring (bicyclic) bond motifs is 1. The zero-order valence-corrected chi connectivity index (χ0v) is 12.1. The van der Waals surface area contributed by atoms with E-state index in [1.165, 1.54) is 0 Å². The molecule has 1 N–H and O–H groups in total. The van der Waals surface area contributed by atoms with Crippen molar-refractivity contribution in [2.24, 2.45) is 7.05 Å². The number of rotatable bonds is 4. The van der Waals surface area contributed by atoms with Crippen LogP contribution >= 0.6 is 0 Å². The lowest BCUT2D eigenvalue weighted by atomic mass is 10.0. The van der Waals surface area contributed by atoms with Crippen molar-refractivity contribution in [1.82, 2.24) is 4.57 Å². The van der Waals surface area contributed by atoms with Gasteiger partial charge in [0, 0.05) is 18.5 Å². The lowest BCUT2D eigenvalue weighted by Crippen LogP contribution is -2.21. The van der Waals surface area contributed by atoms with E-state index < -0.39 is 0 Å². The molecule has 4 nitrogen and oxygen atoms in total. The molecule has 0 aliphatic carbocycles. The minimum atomic E-state index is -0.176. The fourth-order valence-electron chi connectivity index (χ4n) is 2.26. The zero-order chi connectivity index (χ0) is 14.9. The second kappa shape index (κ2) is 5.41. The third kappa shape index (κ3) is 2.41. The SMILES string of the molecule is C=C(C)CCc1c(O)c2ccc(OC)cc2n(C)c1=O. The van der Waals surface area contributed by atoms with E-state index in [2.05, 4.69) is 6.58 Å². The van der Waals surface area contributed by atoms with Gasteiger partial charge in [0.25, 0.3) is 5.56 Å². The first-order chi connectivity index (χ1) is 9.45. The van der Waals surface area contributed by atoms with E-state index in [0.29, 0.717) is 35.1 Å². The standard InChI is InChI=1S/C16H19NO3/c1-10(2)5-7-13-15(18)12-8-6-11(20-4)9-14(12)17(3)16(13)19/h6,8-9,18H,1,5,7H2,2-4H3. The van der Waals surface area contributed by atoms with Gasteiger partial charge in [0.15, 0.2) is 0 Å². The number of aromatic nitrogens is 1. The molecule has 1 heterocycles. The average molecular weight is 273 g/mol. The van der Waals surface area contributed by atoms with Gasteiger partial charge in [-0.15, -0.1) is 6.58 Å². The molecule has 106 valence electrons. The molecule has 2 rings (SSSR count). The topological polar surface area (TPSA) is 51.5 Å². The maximum absolute atomic E-state index is 12.3. The van der Waals surface area contributed by atoms with E-state index in [9.17, 15) is 9.90 Å². The molecular formula is C16H19NO3. The summed E-state index contributed by atoms with van der Waals surface area (Å²) in [4.78, 5) is 12.3. The number of pyridine rings is 1. The van der Waals surface area contributed by atoms with Gasteiger partial charge in [-0.3, -0.25) is 4.79 Å². The van der Waals surface area contributed by atoms with E-state index >= 15 is 0 Å². The quantitative estimate of drug-likeness (QED) is 0.871. The summed E-state index contributed by atoms with van der Waals surface area (Å²) in [6.45, 7) is 5.74. The summed E-state index contributed by atoms with van der Waals surface area (Å²) < 4.78 is 6.70. The Morgan fingerprint density at radius 3 is 2.75 bits per heavy atom. The summed E-state index contributed by atoms with van der Waals surface area (Å²) in [7, 11) is 3.27. The number of aryl methyl sites for hydroxylation is 1. The Hall–Kier alpha value is -2.23. The number of methoxy groups -OCH3 is 1. The van der Waals surface area contributed by atoms with Gasteiger partial charge in [-0.05, 0) is 31.9 Å². The van der Waals surface area contributed by atoms with E-state index in [1.807, 2.05) is 6.92 Å². The van der Waals surface area contributed by atoms with Crippen molar-refractivity contribution in [2.75, 3.05) is 7.11 Å². The summed E-state index contributed by atoms with van der Waals surface area (Å²) in [6, 6.07) is 5.29. The van der Waals surface area contributed by atoms with E-state index in [1.54, 1.807) is 36.9 Å². The number of allylic oxidation sites excluding steroid dienone is 1. The predicted molar refractivity (Wildman–Crippen MR) is 80.5 cm³/mol. The minimum absolute atomic E-state index is 0.0620. The van der Waals surface area contributed by atoms with Crippen molar-refractivity contribution in [3.63, 3.8) is 0 Å². The van der Waals surface area contributed by atoms with Crippen LogP contribution in [0.1, 0.15) is 18.9 Å². The molecule has 4 heteroatoms. The smallest absolute Gasteiger partial charge is 0.257 e. The molecule has 0 aliphatic rings. The van der Waals surface area contributed by atoms with Crippen molar-refractivity contribution < 1.29 is 9.84 Å². The molecule has 0 saturated carbocycles. The Balaban J connectivity index is 2.67. The van der Waals surface area contributed by atoms with E-state index in [4.69, 9.17) is 4.74 Å². The molecule has 0 unspecified atom stereocenters. The molecule has 20 heavy (non-hydrogen) atoms. The zero-order valence-electron chi connectivity index (χ0n) is 12.1. The van der Waals surface area contributed by atoms with Gasteiger partial charge >= 0.3 is 0 Å². The second-order valence-electron chi connectivity index (χ2n) is 5.03. The van der Waals surface area contributed by atoms with Gasteiger partial charge in [-0.2, -0.15) is 0 Å². The summed E-state index contributed by atoms with van der Waals surface area (Å²) >= 11 is 0. The van der Waals surface area contributed by atoms with Crippen molar-refractivity contribution in [3.8, 4) is 11.5 Å². The number of hydrogen-bond acceptors (Lipinski definition) is 3. The molecule has 1 aromatic heterocycles. The Morgan fingerprint density at radius 2 is 2.15 bits per heavy atom. The Kier molecular flexibility index (Phi) is 3.84. The van der Waals surface area contributed by atoms with E-state index in [-0.39, 0.29) is 11.3 Å².